The van der Waals surface area contributed by atoms with E-state index in [1.54, 1.807) is 24.3 Å². The maximum absolute atomic E-state index is 12.9. The Labute approximate surface area is 145 Å². The zero-order valence-electron chi connectivity index (χ0n) is 14.0. The number of urea groups is 1. The topological polar surface area (TPSA) is 62.2 Å². The van der Waals surface area contributed by atoms with Crippen LogP contribution in [0, 0.1) is 6.92 Å². The Hall–Kier alpha value is -3.15. The first-order valence-corrected chi connectivity index (χ1v) is 8.15. The van der Waals surface area contributed by atoms with Gasteiger partial charge in [-0.3, -0.25) is 14.7 Å². The smallest absolute Gasteiger partial charge is 0.337 e. The van der Waals surface area contributed by atoms with Crippen molar-refractivity contribution in [3.8, 4) is 5.75 Å². The molecule has 0 bridgehead atoms. The number of amides is 3. The van der Waals surface area contributed by atoms with E-state index in [4.69, 9.17) is 4.74 Å². The molecule has 2 aromatic carbocycles. The molecule has 25 heavy (non-hydrogen) atoms. The molecule has 0 N–H and O–H groups in total. The van der Waals surface area contributed by atoms with Gasteiger partial charge in [-0.1, -0.05) is 6.07 Å². The highest BCUT2D eigenvalue weighted by Crippen LogP contribution is 2.39. The summed E-state index contributed by atoms with van der Waals surface area (Å²) in [6.07, 6.45) is 1.54. The maximum atomic E-state index is 12.9. The van der Waals surface area contributed by atoms with Gasteiger partial charge in [0.1, 0.15) is 5.75 Å². The molecule has 0 aromatic heterocycles. The second-order valence-corrected chi connectivity index (χ2v) is 5.97. The van der Waals surface area contributed by atoms with E-state index in [1.807, 2.05) is 32.0 Å². The third-order valence-corrected chi connectivity index (χ3v) is 4.30. The lowest BCUT2D eigenvalue weighted by atomic mass is 10.1. The summed E-state index contributed by atoms with van der Waals surface area (Å²) < 4.78 is 5.41. The van der Waals surface area contributed by atoms with Crippen molar-refractivity contribution in [1.29, 1.82) is 0 Å². The Morgan fingerprint density at radius 2 is 1.88 bits per heavy atom. The van der Waals surface area contributed by atoms with Crippen molar-refractivity contribution >= 4 is 35.2 Å². The summed E-state index contributed by atoms with van der Waals surface area (Å²) >= 11 is 0. The maximum Gasteiger partial charge on any atom is 0.337 e. The molecule has 0 spiro atoms. The number of hydrogen-bond donors (Lipinski definition) is 0. The zero-order valence-corrected chi connectivity index (χ0v) is 14.0. The first-order valence-electron chi connectivity index (χ1n) is 8.15. The fraction of sp³-hybridized carbons (Fsp3) is 0.211. The predicted octanol–water partition coefficient (Wildman–Crippen LogP) is 3.45. The average Bonchev–Trinajstić information content (AvgIpc) is 2.87. The molecule has 1 unspecified atom stereocenters. The summed E-state index contributed by atoms with van der Waals surface area (Å²) in [6, 6.07) is 11.5. The van der Waals surface area contributed by atoms with Crippen LogP contribution in [0.3, 0.4) is 0 Å². The van der Waals surface area contributed by atoms with E-state index in [1.165, 1.54) is 16.0 Å². The molecule has 4 rings (SSSR count). The number of ether oxygens (including phenoxy) is 1. The Morgan fingerprint density at radius 1 is 1.12 bits per heavy atom. The molecule has 3 amide bonds. The van der Waals surface area contributed by atoms with Crippen LogP contribution in [-0.2, 0) is 4.79 Å². The minimum Gasteiger partial charge on any atom is -0.494 e. The van der Waals surface area contributed by atoms with E-state index < -0.39 is 6.04 Å². The molecule has 0 saturated carbocycles. The van der Waals surface area contributed by atoms with Gasteiger partial charge in [0.25, 0.3) is 5.91 Å². The fourth-order valence-corrected chi connectivity index (χ4v) is 3.13. The molecule has 6 nitrogen and oxygen atoms in total. The van der Waals surface area contributed by atoms with E-state index >= 15 is 0 Å². The lowest BCUT2D eigenvalue weighted by Gasteiger charge is -2.24. The van der Waals surface area contributed by atoms with Gasteiger partial charge in [-0.05, 0) is 55.8 Å². The van der Waals surface area contributed by atoms with Gasteiger partial charge in [-0.15, -0.1) is 0 Å². The molecule has 2 aliphatic heterocycles. The van der Waals surface area contributed by atoms with Crippen molar-refractivity contribution in [3.05, 3.63) is 48.0 Å². The van der Waals surface area contributed by atoms with Gasteiger partial charge in [-0.2, -0.15) is 0 Å². The quantitative estimate of drug-likeness (QED) is 0.807. The van der Waals surface area contributed by atoms with Crippen LogP contribution in [0.5, 0.6) is 5.75 Å². The van der Waals surface area contributed by atoms with Gasteiger partial charge < -0.3 is 4.74 Å². The number of carbonyl (C=O) groups excluding carboxylic acids is 2. The summed E-state index contributed by atoms with van der Waals surface area (Å²) in [5.41, 5.74) is 2.93. The predicted molar refractivity (Wildman–Crippen MR) is 96.1 cm³/mol. The first-order chi connectivity index (χ1) is 12.1. The second-order valence-electron chi connectivity index (χ2n) is 5.97. The highest BCUT2D eigenvalue weighted by atomic mass is 16.5. The van der Waals surface area contributed by atoms with Gasteiger partial charge >= 0.3 is 6.03 Å². The number of aryl methyl sites for hydroxylation is 1. The van der Waals surface area contributed by atoms with Gasteiger partial charge in [0.2, 0.25) is 0 Å². The number of rotatable bonds is 3. The van der Waals surface area contributed by atoms with Gasteiger partial charge in [0, 0.05) is 6.21 Å². The van der Waals surface area contributed by atoms with Crippen LogP contribution < -0.4 is 14.5 Å². The Bertz CT molecular complexity index is 889. The van der Waals surface area contributed by atoms with Crippen molar-refractivity contribution < 1.29 is 14.3 Å². The minimum absolute atomic E-state index is 0.302. The lowest BCUT2D eigenvalue weighted by molar-refractivity contribution is -0.116. The SMILES string of the molecule is CCOc1ccc(N2C(=O)C3C=Nc4cc(C)ccc4N3C2=O)cc1. The Balaban J connectivity index is 1.71. The molecule has 0 radical (unpaired) electrons. The fourth-order valence-electron chi connectivity index (χ4n) is 3.13. The van der Waals surface area contributed by atoms with Crippen LogP contribution in [-0.4, -0.2) is 30.8 Å². The molecular weight excluding hydrogens is 318 g/mol. The number of fused-ring (bicyclic) bond motifs is 3. The Morgan fingerprint density at radius 3 is 2.60 bits per heavy atom. The molecule has 2 heterocycles. The van der Waals surface area contributed by atoms with Crippen molar-refractivity contribution in [2.24, 2.45) is 4.99 Å². The van der Waals surface area contributed by atoms with E-state index in [2.05, 4.69) is 4.99 Å². The van der Waals surface area contributed by atoms with Crippen LogP contribution in [0.15, 0.2) is 47.5 Å². The number of nitrogens with zero attached hydrogens (tertiary/aromatic N) is 3. The van der Waals surface area contributed by atoms with Gasteiger partial charge in [0.15, 0.2) is 6.04 Å². The number of hydrogen-bond acceptors (Lipinski definition) is 4. The van der Waals surface area contributed by atoms with Crippen molar-refractivity contribution in [2.75, 3.05) is 16.4 Å². The third kappa shape index (κ3) is 2.38. The van der Waals surface area contributed by atoms with Crippen LogP contribution >= 0.6 is 0 Å². The third-order valence-electron chi connectivity index (χ3n) is 4.30. The van der Waals surface area contributed by atoms with Gasteiger partial charge in [0.05, 0.1) is 23.7 Å². The molecule has 1 saturated heterocycles. The molecule has 6 heteroatoms. The van der Waals surface area contributed by atoms with Crippen molar-refractivity contribution in [1.82, 2.24) is 0 Å². The standard InChI is InChI=1S/C19H17N3O3/c1-3-25-14-7-5-13(6-8-14)21-18(23)17-11-20-15-10-12(2)4-9-16(15)22(17)19(21)24/h4-11,17H,3H2,1-2H3. The van der Waals surface area contributed by atoms with E-state index in [0.717, 1.165) is 5.56 Å². The molecular formula is C19H17N3O3. The summed E-state index contributed by atoms with van der Waals surface area (Å²) in [5, 5.41) is 0. The molecule has 0 aliphatic carbocycles. The molecule has 2 aromatic rings. The summed E-state index contributed by atoms with van der Waals surface area (Å²) in [4.78, 5) is 32.8. The second kappa shape index (κ2) is 5.73. The number of imide groups is 1. The minimum atomic E-state index is -0.700. The van der Waals surface area contributed by atoms with Crippen LogP contribution in [0.25, 0.3) is 0 Å². The number of carbonyl (C=O) groups is 2. The first kappa shape index (κ1) is 15.4. The molecule has 126 valence electrons. The average molecular weight is 335 g/mol. The van der Waals surface area contributed by atoms with Crippen molar-refractivity contribution in [2.45, 2.75) is 19.9 Å². The normalized spacial score (nSPS) is 18.4. The zero-order chi connectivity index (χ0) is 17.6. The van der Waals surface area contributed by atoms with E-state index in [9.17, 15) is 9.59 Å². The summed E-state index contributed by atoms with van der Waals surface area (Å²) in [5.74, 6) is 0.398. The van der Waals surface area contributed by atoms with E-state index in [0.29, 0.717) is 29.4 Å². The van der Waals surface area contributed by atoms with Crippen molar-refractivity contribution in [3.63, 3.8) is 0 Å². The largest absolute Gasteiger partial charge is 0.494 e. The monoisotopic (exact) mass is 335 g/mol. The number of benzene rings is 2. The summed E-state index contributed by atoms with van der Waals surface area (Å²) in [6.45, 7) is 4.42. The number of aliphatic imine (C=N–C) groups is 1. The molecule has 2 aliphatic rings. The molecule has 1 atom stereocenters. The Kier molecular flexibility index (Phi) is 3.53. The lowest BCUT2D eigenvalue weighted by Crippen LogP contribution is -2.38. The highest BCUT2D eigenvalue weighted by molar-refractivity contribution is 6.34. The molecule has 1 fully saturated rings. The number of anilines is 2. The highest BCUT2D eigenvalue weighted by Gasteiger charge is 2.48. The van der Waals surface area contributed by atoms with Crippen LogP contribution in [0.2, 0.25) is 0 Å². The van der Waals surface area contributed by atoms with E-state index in [-0.39, 0.29) is 11.9 Å². The van der Waals surface area contributed by atoms with Crippen LogP contribution in [0.4, 0.5) is 21.9 Å². The van der Waals surface area contributed by atoms with Crippen LogP contribution in [0.1, 0.15) is 12.5 Å². The summed E-state index contributed by atoms with van der Waals surface area (Å²) in [7, 11) is 0. The van der Waals surface area contributed by atoms with Gasteiger partial charge in [-0.25, -0.2) is 9.69 Å².